The Morgan fingerprint density at radius 3 is 2.65 bits per heavy atom. The Balaban J connectivity index is 2.78. The number of thiophene rings is 1. The third-order valence-electron chi connectivity index (χ3n) is 2.22. The maximum absolute atomic E-state index is 12.3. The van der Waals surface area contributed by atoms with Crippen LogP contribution in [0.15, 0.2) is 17.5 Å². The maximum atomic E-state index is 12.3. The van der Waals surface area contributed by atoms with E-state index < -0.39 is 31.3 Å². The highest BCUT2D eigenvalue weighted by atomic mass is 32.1. The van der Waals surface area contributed by atoms with E-state index in [1.165, 1.54) is 11.3 Å². The van der Waals surface area contributed by atoms with Crippen molar-refractivity contribution in [3.05, 3.63) is 22.4 Å². The lowest BCUT2D eigenvalue weighted by Gasteiger charge is -2.27. The Morgan fingerprint density at radius 1 is 1.59 bits per heavy atom. The number of hydrogen-bond donors (Lipinski definition) is 1. The van der Waals surface area contributed by atoms with Crippen molar-refractivity contribution in [2.75, 3.05) is 13.1 Å². The number of halogens is 3. The third-order valence-corrected chi connectivity index (χ3v) is 3.27. The summed E-state index contributed by atoms with van der Waals surface area (Å²) in [5, 5.41) is 10.4. The summed E-state index contributed by atoms with van der Waals surface area (Å²) >= 11 is 1.31. The number of hydrogen-bond acceptors (Lipinski definition) is 3. The van der Waals surface area contributed by atoms with E-state index >= 15 is 0 Å². The minimum absolute atomic E-state index is 0.562. The molecule has 17 heavy (non-hydrogen) atoms. The molecule has 0 saturated carbocycles. The lowest BCUT2D eigenvalue weighted by atomic mass is 10.2. The summed E-state index contributed by atoms with van der Waals surface area (Å²) in [5.41, 5.74) is 0. The molecule has 0 saturated heterocycles. The van der Waals surface area contributed by atoms with Crippen molar-refractivity contribution < 1.29 is 23.1 Å². The van der Waals surface area contributed by atoms with Crippen LogP contribution in [-0.2, 0) is 4.79 Å². The smallest absolute Gasteiger partial charge is 0.401 e. The molecule has 1 unspecified atom stereocenters. The van der Waals surface area contributed by atoms with Crippen LogP contribution in [0.25, 0.3) is 0 Å². The van der Waals surface area contributed by atoms with E-state index in [0.29, 0.717) is 0 Å². The molecule has 1 aromatic heterocycles. The Labute approximate surface area is 100 Å². The van der Waals surface area contributed by atoms with Crippen LogP contribution < -0.4 is 0 Å². The summed E-state index contributed by atoms with van der Waals surface area (Å²) in [6.45, 7) is -0.280. The number of nitrogens with zero attached hydrogens (tertiary/aromatic N) is 1. The van der Waals surface area contributed by atoms with Gasteiger partial charge in [-0.3, -0.25) is 9.69 Å². The minimum Gasteiger partial charge on any atom is -0.480 e. The molecule has 1 aromatic rings. The number of carboxylic acids is 1. The van der Waals surface area contributed by atoms with Gasteiger partial charge in [0.25, 0.3) is 0 Å². The van der Waals surface area contributed by atoms with Gasteiger partial charge in [-0.05, 0) is 18.4 Å². The average molecular weight is 267 g/mol. The first-order valence-electron chi connectivity index (χ1n) is 4.85. The van der Waals surface area contributed by atoms with Crippen LogP contribution in [0, 0.1) is 0 Å². The lowest BCUT2D eigenvalue weighted by molar-refractivity contribution is -0.157. The molecular formula is C10H12F3NO2S. The van der Waals surface area contributed by atoms with Crippen LogP contribution in [0.2, 0.25) is 0 Å². The van der Waals surface area contributed by atoms with Crippen LogP contribution in [0.1, 0.15) is 17.8 Å². The highest BCUT2D eigenvalue weighted by Gasteiger charge is 2.34. The molecule has 0 aromatic carbocycles. The fourth-order valence-electron chi connectivity index (χ4n) is 1.44. The first-order valence-corrected chi connectivity index (χ1v) is 5.73. The molecule has 0 aliphatic carbocycles. The van der Waals surface area contributed by atoms with Gasteiger partial charge in [-0.25, -0.2) is 0 Å². The average Bonchev–Trinajstić information content (AvgIpc) is 2.65. The van der Waals surface area contributed by atoms with E-state index in [1.807, 2.05) is 0 Å². The minimum atomic E-state index is -4.40. The SMILES string of the molecule is CC(c1cccs1)N(CC(=O)O)CC(F)(F)F. The molecule has 1 atom stereocenters. The van der Waals surface area contributed by atoms with Gasteiger partial charge >= 0.3 is 12.1 Å². The monoisotopic (exact) mass is 267 g/mol. The predicted molar refractivity (Wildman–Crippen MR) is 58.0 cm³/mol. The second kappa shape index (κ2) is 5.50. The number of rotatable bonds is 5. The van der Waals surface area contributed by atoms with Crippen molar-refractivity contribution in [2.24, 2.45) is 0 Å². The maximum Gasteiger partial charge on any atom is 0.401 e. The Kier molecular flexibility index (Phi) is 4.53. The van der Waals surface area contributed by atoms with Gasteiger partial charge in [-0.2, -0.15) is 13.2 Å². The second-order valence-electron chi connectivity index (χ2n) is 3.61. The summed E-state index contributed by atoms with van der Waals surface area (Å²) in [6, 6.07) is 2.86. The van der Waals surface area contributed by atoms with Crippen LogP contribution in [-0.4, -0.2) is 35.2 Å². The zero-order valence-corrected chi connectivity index (χ0v) is 9.88. The van der Waals surface area contributed by atoms with Crippen molar-refractivity contribution in [1.29, 1.82) is 0 Å². The largest absolute Gasteiger partial charge is 0.480 e. The third kappa shape index (κ3) is 4.74. The van der Waals surface area contributed by atoms with Gasteiger partial charge in [0.15, 0.2) is 0 Å². The van der Waals surface area contributed by atoms with Gasteiger partial charge in [0, 0.05) is 10.9 Å². The van der Waals surface area contributed by atoms with Crippen molar-refractivity contribution in [2.45, 2.75) is 19.1 Å². The topological polar surface area (TPSA) is 40.5 Å². The molecule has 0 spiro atoms. The first-order chi connectivity index (χ1) is 7.79. The van der Waals surface area contributed by atoms with Gasteiger partial charge < -0.3 is 5.11 Å². The van der Waals surface area contributed by atoms with Gasteiger partial charge in [-0.15, -0.1) is 11.3 Å². The van der Waals surface area contributed by atoms with Crippen molar-refractivity contribution in [1.82, 2.24) is 4.90 Å². The highest BCUT2D eigenvalue weighted by Crippen LogP contribution is 2.27. The summed E-state index contributed by atoms with van der Waals surface area (Å²) in [5.74, 6) is -1.27. The summed E-state index contributed by atoms with van der Waals surface area (Å²) < 4.78 is 37.0. The second-order valence-corrected chi connectivity index (χ2v) is 4.58. The van der Waals surface area contributed by atoms with Crippen LogP contribution >= 0.6 is 11.3 Å². The van der Waals surface area contributed by atoms with E-state index in [9.17, 15) is 18.0 Å². The van der Waals surface area contributed by atoms with Gasteiger partial charge in [0.05, 0.1) is 13.1 Å². The quantitative estimate of drug-likeness (QED) is 0.891. The molecule has 0 aliphatic rings. The summed E-state index contributed by atoms with van der Waals surface area (Å²) in [7, 11) is 0. The highest BCUT2D eigenvalue weighted by molar-refractivity contribution is 7.10. The zero-order valence-electron chi connectivity index (χ0n) is 9.07. The van der Waals surface area contributed by atoms with E-state index in [4.69, 9.17) is 5.11 Å². The zero-order chi connectivity index (χ0) is 13.1. The standard InChI is InChI=1S/C10H12F3NO2S/c1-7(8-3-2-4-17-8)14(5-9(15)16)6-10(11,12)13/h2-4,7H,5-6H2,1H3,(H,15,16). The van der Waals surface area contributed by atoms with E-state index in [-0.39, 0.29) is 0 Å². The molecule has 1 N–H and O–H groups in total. The van der Waals surface area contributed by atoms with Gasteiger partial charge in [-0.1, -0.05) is 6.07 Å². The van der Waals surface area contributed by atoms with Gasteiger partial charge in [0.1, 0.15) is 0 Å². The van der Waals surface area contributed by atoms with E-state index in [1.54, 1.807) is 24.4 Å². The first kappa shape index (κ1) is 14.0. The predicted octanol–water partition coefficient (Wildman–Crippen LogP) is 2.76. The molecule has 96 valence electrons. The fourth-order valence-corrected chi connectivity index (χ4v) is 2.26. The van der Waals surface area contributed by atoms with Crippen molar-refractivity contribution in [3.63, 3.8) is 0 Å². The molecule has 3 nitrogen and oxygen atoms in total. The molecule has 0 aliphatic heterocycles. The Bertz CT molecular complexity index is 364. The number of carboxylic acid groups (broad SMARTS) is 1. The Hall–Kier alpha value is -1.08. The van der Waals surface area contributed by atoms with Crippen molar-refractivity contribution in [3.8, 4) is 0 Å². The molecule has 0 bridgehead atoms. The fraction of sp³-hybridized carbons (Fsp3) is 0.500. The lowest BCUT2D eigenvalue weighted by Crippen LogP contribution is -2.39. The van der Waals surface area contributed by atoms with Crippen LogP contribution in [0.3, 0.4) is 0 Å². The molecular weight excluding hydrogens is 255 g/mol. The number of carbonyl (C=O) groups is 1. The molecule has 0 fully saturated rings. The number of aliphatic carboxylic acids is 1. The molecule has 0 amide bonds. The van der Waals surface area contributed by atoms with Crippen LogP contribution in [0.4, 0.5) is 13.2 Å². The normalized spacial score (nSPS) is 13.9. The molecule has 1 rings (SSSR count). The molecule has 1 heterocycles. The number of alkyl halides is 3. The summed E-state index contributed by atoms with van der Waals surface area (Å²) in [6.07, 6.45) is -4.40. The van der Waals surface area contributed by atoms with Crippen molar-refractivity contribution >= 4 is 17.3 Å². The molecule has 0 radical (unpaired) electrons. The summed E-state index contributed by atoms with van der Waals surface area (Å²) in [4.78, 5) is 12.2. The molecule has 7 heteroatoms. The van der Waals surface area contributed by atoms with E-state index in [0.717, 1.165) is 9.78 Å². The van der Waals surface area contributed by atoms with Gasteiger partial charge in [0.2, 0.25) is 0 Å². The van der Waals surface area contributed by atoms with E-state index in [2.05, 4.69) is 0 Å². The van der Waals surface area contributed by atoms with Crippen LogP contribution in [0.5, 0.6) is 0 Å². The Morgan fingerprint density at radius 2 is 2.24 bits per heavy atom.